The first-order valence-electron chi connectivity index (χ1n) is 12.7. The highest BCUT2D eigenvalue weighted by Crippen LogP contribution is 2.39. The van der Waals surface area contributed by atoms with E-state index in [1.165, 1.54) is 32.3 Å². The fourth-order valence-electron chi connectivity index (χ4n) is 5.50. The maximum atomic E-state index is 5.92. The zero-order chi connectivity index (χ0) is 25.1. The molecule has 0 saturated heterocycles. The van der Waals surface area contributed by atoms with E-state index < -0.39 is 14.2 Å². The van der Waals surface area contributed by atoms with Crippen LogP contribution in [0.4, 0.5) is 0 Å². The number of para-hydroxylation sites is 4. The van der Waals surface area contributed by atoms with Crippen molar-refractivity contribution in [3.05, 3.63) is 120 Å². The second kappa shape index (κ2) is 8.35. The van der Waals surface area contributed by atoms with Gasteiger partial charge in [0.1, 0.15) is 23.0 Å². The van der Waals surface area contributed by atoms with Crippen molar-refractivity contribution in [3.63, 3.8) is 0 Å². The van der Waals surface area contributed by atoms with E-state index in [2.05, 4.69) is 60.7 Å². The van der Waals surface area contributed by atoms with Crippen molar-refractivity contribution < 1.29 is 18.6 Å². The smallest absolute Gasteiger partial charge is 0.520 e. The molecule has 0 bridgehead atoms. The molecule has 2 heterocycles. The van der Waals surface area contributed by atoms with E-state index in [0.29, 0.717) is 0 Å². The van der Waals surface area contributed by atoms with Crippen LogP contribution >= 0.6 is 0 Å². The summed E-state index contributed by atoms with van der Waals surface area (Å²) in [7, 11) is -0.873. The molecule has 0 spiro atoms. The molecule has 38 heavy (non-hydrogen) atoms. The molecule has 4 nitrogen and oxygen atoms in total. The Bertz CT molecular complexity index is 1720. The van der Waals surface area contributed by atoms with E-state index in [1.807, 2.05) is 60.5 Å². The minimum absolute atomic E-state index is 0.436. The molecule has 2 aliphatic rings. The predicted molar refractivity (Wildman–Crippen MR) is 155 cm³/mol. The standard InChI is InChI=1S/C32H20B2O4/c1-2-6-28-27(5-1)35-33(36-28)19-17-21-9-11-23-14-16-26-22(10-12-24-13-15-25(21)31(23)32(24)26)18-20-34-37-29-7-3-4-8-30(29)38-34/h1-20H. The molecule has 0 atom stereocenters. The van der Waals surface area contributed by atoms with Gasteiger partial charge >= 0.3 is 14.2 Å². The molecular formula is C32H20B2O4. The Kier molecular flexibility index (Phi) is 4.68. The van der Waals surface area contributed by atoms with Gasteiger partial charge in [-0.2, -0.15) is 0 Å². The molecule has 8 rings (SSSR count). The molecule has 0 saturated carbocycles. The monoisotopic (exact) mass is 490 g/mol. The van der Waals surface area contributed by atoms with Crippen LogP contribution < -0.4 is 18.6 Å². The Morgan fingerprint density at radius 3 is 1.18 bits per heavy atom. The Morgan fingerprint density at radius 1 is 0.421 bits per heavy atom. The van der Waals surface area contributed by atoms with E-state index >= 15 is 0 Å². The van der Waals surface area contributed by atoms with Crippen LogP contribution in [0.5, 0.6) is 23.0 Å². The lowest BCUT2D eigenvalue weighted by Gasteiger charge is -2.14. The highest BCUT2D eigenvalue weighted by molar-refractivity contribution is 6.55. The first kappa shape index (κ1) is 21.3. The molecule has 0 amide bonds. The molecule has 0 fully saturated rings. The third-order valence-corrected chi connectivity index (χ3v) is 7.27. The zero-order valence-electron chi connectivity index (χ0n) is 20.3. The summed E-state index contributed by atoms with van der Waals surface area (Å²) in [4.78, 5) is 0. The zero-order valence-corrected chi connectivity index (χ0v) is 20.3. The fraction of sp³-hybridized carbons (Fsp3) is 0. The minimum atomic E-state index is -0.436. The Morgan fingerprint density at radius 2 is 0.789 bits per heavy atom. The molecule has 2 aliphatic heterocycles. The highest BCUT2D eigenvalue weighted by Gasteiger charge is 2.29. The van der Waals surface area contributed by atoms with E-state index in [4.69, 9.17) is 18.6 Å². The van der Waals surface area contributed by atoms with Crippen molar-refractivity contribution in [2.45, 2.75) is 0 Å². The summed E-state index contributed by atoms with van der Waals surface area (Å²) in [5.41, 5.74) is 2.25. The van der Waals surface area contributed by atoms with Gasteiger partial charge in [-0.3, -0.25) is 0 Å². The molecule has 6 heteroatoms. The van der Waals surface area contributed by atoms with Crippen molar-refractivity contribution in [2.75, 3.05) is 0 Å². The third kappa shape index (κ3) is 3.41. The van der Waals surface area contributed by atoms with Gasteiger partial charge in [-0.15, -0.1) is 0 Å². The normalized spacial score (nSPS) is 14.3. The van der Waals surface area contributed by atoms with Gasteiger partial charge < -0.3 is 18.6 Å². The summed E-state index contributed by atoms with van der Waals surface area (Å²) in [6, 6.07) is 33.0. The van der Waals surface area contributed by atoms with Crippen LogP contribution in [0.25, 0.3) is 44.5 Å². The first-order valence-corrected chi connectivity index (χ1v) is 12.7. The van der Waals surface area contributed by atoms with Crippen LogP contribution in [0.15, 0.2) is 109 Å². The highest BCUT2D eigenvalue weighted by atomic mass is 16.6. The van der Waals surface area contributed by atoms with Crippen molar-refractivity contribution >= 4 is 58.7 Å². The summed E-state index contributed by atoms with van der Waals surface area (Å²) in [6.45, 7) is 0. The molecule has 0 N–H and O–H groups in total. The summed E-state index contributed by atoms with van der Waals surface area (Å²) >= 11 is 0. The molecule has 6 aromatic carbocycles. The summed E-state index contributed by atoms with van der Waals surface area (Å²) in [5, 5.41) is 7.35. The molecule has 0 aliphatic carbocycles. The van der Waals surface area contributed by atoms with Crippen LogP contribution in [0.3, 0.4) is 0 Å². The maximum absolute atomic E-state index is 5.92. The van der Waals surface area contributed by atoms with Gasteiger partial charge in [0, 0.05) is 0 Å². The van der Waals surface area contributed by atoms with E-state index in [0.717, 1.165) is 34.1 Å². The molecule has 0 unspecified atom stereocenters. The lowest BCUT2D eigenvalue weighted by molar-refractivity contribution is 0.517. The van der Waals surface area contributed by atoms with Gasteiger partial charge in [-0.1, -0.05) is 84.9 Å². The molecule has 0 radical (unpaired) electrons. The van der Waals surface area contributed by atoms with E-state index in [9.17, 15) is 0 Å². The molecule has 6 aromatic rings. The van der Waals surface area contributed by atoms with Crippen LogP contribution in [0.2, 0.25) is 0 Å². The van der Waals surface area contributed by atoms with Crippen molar-refractivity contribution in [3.8, 4) is 23.0 Å². The third-order valence-electron chi connectivity index (χ3n) is 7.27. The number of benzene rings is 6. The maximum Gasteiger partial charge on any atom is 0.625 e. The van der Waals surface area contributed by atoms with Crippen molar-refractivity contribution in [1.82, 2.24) is 0 Å². The summed E-state index contributed by atoms with van der Waals surface area (Å²) in [5.74, 6) is 7.04. The van der Waals surface area contributed by atoms with Crippen molar-refractivity contribution in [2.24, 2.45) is 0 Å². The number of hydrogen-bond acceptors (Lipinski definition) is 4. The average Bonchev–Trinajstić information content (AvgIpc) is 3.57. The van der Waals surface area contributed by atoms with Crippen LogP contribution in [-0.4, -0.2) is 14.2 Å². The topological polar surface area (TPSA) is 36.9 Å². The van der Waals surface area contributed by atoms with Gasteiger partial charge in [0.05, 0.1) is 0 Å². The quantitative estimate of drug-likeness (QED) is 0.188. The lowest BCUT2D eigenvalue weighted by Crippen LogP contribution is -2.21. The molecular weight excluding hydrogens is 470 g/mol. The largest absolute Gasteiger partial charge is 0.625 e. The lowest BCUT2D eigenvalue weighted by atomic mass is 9.85. The number of rotatable bonds is 4. The van der Waals surface area contributed by atoms with Crippen LogP contribution in [0.1, 0.15) is 11.1 Å². The van der Waals surface area contributed by atoms with Gasteiger partial charge in [-0.05, 0) is 79.7 Å². The van der Waals surface area contributed by atoms with Crippen LogP contribution in [0, 0.1) is 0 Å². The molecule has 0 aromatic heterocycles. The molecule has 178 valence electrons. The summed E-state index contributed by atoms with van der Waals surface area (Å²) in [6.07, 6.45) is 4.19. The van der Waals surface area contributed by atoms with Crippen molar-refractivity contribution in [1.29, 1.82) is 0 Å². The fourth-order valence-corrected chi connectivity index (χ4v) is 5.50. The number of fused-ring (bicyclic) bond motifs is 2. The van der Waals surface area contributed by atoms with Gasteiger partial charge in [-0.25, -0.2) is 0 Å². The Balaban J connectivity index is 1.16. The first-order chi connectivity index (χ1) is 18.8. The van der Waals surface area contributed by atoms with Gasteiger partial charge in [0.25, 0.3) is 0 Å². The van der Waals surface area contributed by atoms with E-state index in [1.54, 1.807) is 0 Å². The Hall–Kier alpha value is -4.83. The minimum Gasteiger partial charge on any atom is -0.520 e. The SMILES string of the molecule is C(=Cc1ccc2ccc3c(C=CB4Oc5ccccc5O4)ccc4ccc1c2c43)B1Oc2ccccc2O1. The Labute approximate surface area is 220 Å². The second-order valence-electron chi connectivity index (χ2n) is 9.55. The number of hydrogen-bond donors (Lipinski definition) is 0. The average molecular weight is 490 g/mol. The van der Waals surface area contributed by atoms with Gasteiger partial charge in [0.2, 0.25) is 0 Å². The van der Waals surface area contributed by atoms with Crippen LogP contribution in [-0.2, 0) is 0 Å². The van der Waals surface area contributed by atoms with E-state index in [-0.39, 0.29) is 0 Å². The predicted octanol–water partition coefficient (Wildman–Crippen LogP) is 7.61. The van der Waals surface area contributed by atoms with Gasteiger partial charge in [0.15, 0.2) is 0 Å². The summed E-state index contributed by atoms with van der Waals surface area (Å²) < 4.78 is 23.7. The second-order valence-corrected chi connectivity index (χ2v) is 9.55.